The fraction of sp³-hybridized carbons (Fsp3) is 0.286. The molecule has 0 aromatic carbocycles. The van der Waals surface area contributed by atoms with E-state index in [0.717, 1.165) is 13.0 Å². The summed E-state index contributed by atoms with van der Waals surface area (Å²) < 4.78 is 0. The summed E-state index contributed by atoms with van der Waals surface area (Å²) in [6, 6.07) is 3.89. The molecule has 19 heavy (non-hydrogen) atoms. The van der Waals surface area contributed by atoms with E-state index in [1.807, 2.05) is 4.90 Å². The molecule has 2 aromatic heterocycles. The summed E-state index contributed by atoms with van der Waals surface area (Å²) in [5.41, 5.74) is 1.79. The van der Waals surface area contributed by atoms with Crippen LogP contribution in [-0.2, 0) is 6.42 Å². The van der Waals surface area contributed by atoms with Gasteiger partial charge in [0.15, 0.2) is 0 Å². The number of hydrogen-bond donors (Lipinski definition) is 0. The Kier molecular flexibility index (Phi) is 3.29. The van der Waals surface area contributed by atoms with Crippen LogP contribution in [0.4, 0.5) is 0 Å². The first-order valence-electron chi connectivity index (χ1n) is 6.15. The average molecular weight is 293 g/mol. The third-order valence-electron chi connectivity index (χ3n) is 3.54. The van der Waals surface area contributed by atoms with Gasteiger partial charge in [0.25, 0.3) is 5.91 Å². The van der Waals surface area contributed by atoms with E-state index in [0.29, 0.717) is 10.6 Å². The zero-order valence-corrected chi connectivity index (χ0v) is 12.0. The van der Waals surface area contributed by atoms with Gasteiger partial charge in [-0.3, -0.25) is 9.78 Å². The highest BCUT2D eigenvalue weighted by molar-refractivity contribution is 7.10. The summed E-state index contributed by atoms with van der Waals surface area (Å²) in [7, 11) is 0. The van der Waals surface area contributed by atoms with Crippen molar-refractivity contribution in [2.45, 2.75) is 19.4 Å². The van der Waals surface area contributed by atoms with E-state index in [9.17, 15) is 4.79 Å². The number of hydrogen-bond acceptors (Lipinski definition) is 3. The predicted octanol–water partition coefficient (Wildman–Crippen LogP) is 3.56. The largest absolute Gasteiger partial charge is 0.331 e. The minimum absolute atomic E-state index is 0.0169. The Hall–Kier alpha value is -1.39. The van der Waals surface area contributed by atoms with Crippen LogP contribution in [0.5, 0.6) is 0 Å². The normalized spacial score (nSPS) is 18.2. The second-order valence-electron chi connectivity index (χ2n) is 4.58. The number of fused-ring (bicyclic) bond motifs is 1. The molecule has 1 amide bonds. The highest BCUT2D eigenvalue weighted by atomic mass is 35.5. The van der Waals surface area contributed by atoms with Crippen molar-refractivity contribution >= 4 is 28.8 Å². The fourth-order valence-corrected chi connectivity index (χ4v) is 3.65. The lowest BCUT2D eigenvalue weighted by molar-refractivity contribution is 0.0679. The molecular formula is C14H13ClN2OS. The Labute approximate surface area is 120 Å². The molecule has 98 valence electrons. The molecule has 5 heteroatoms. The minimum atomic E-state index is -0.0169. The number of carbonyl (C=O) groups excluding carboxylic acids is 1. The molecule has 0 fully saturated rings. The van der Waals surface area contributed by atoms with Gasteiger partial charge in [-0.1, -0.05) is 11.6 Å². The number of amides is 1. The topological polar surface area (TPSA) is 33.2 Å². The van der Waals surface area contributed by atoms with Crippen LogP contribution >= 0.6 is 22.9 Å². The van der Waals surface area contributed by atoms with Gasteiger partial charge in [0.1, 0.15) is 0 Å². The number of pyridine rings is 1. The highest BCUT2D eigenvalue weighted by Gasteiger charge is 2.29. The summed E-state index contributed by atoms with van der Waals surface area (Å²) in [6.07, 6.45) is 4.04. The van der Waals surface area contributed by atoms with Crippen molar-refractivity contribution < 1.29 is 4.79 Å². The third kappa shape index (κ3) is 2.15. The maximum Gasteiger partial charge on any atom is 0.255 e. The predicted molar refractivity (Wildman–Crippen MR) is 76.7 cm³/mol. The lowest BCUT2D eigenvalue weighted by Gasteiger charge is -2.33. The van der Waals surface area contributed by atoms with Gasteiger partial charge in [-0.2, -0.15) is 0 Å². The number of thiophene rings is 1. The molecule has 0 bridgehead atoms. The first kappa shape index (κ1) is 12.6. The van der Waals surface area contributed by atoms with E-state index < -0.39 is 0 Å². The summed E-state index contributed by atoms with van der Waals surface area (Å²) >= 11 is 7.83. The second-order valence-corrected chi connectivity index (χ2v) is 5.99. The van der Waals surface area contributed by atoms with E-state index in [1.165, 1.54) is 16.6 Å². The summed E-state index contributed by atoms with van der Waals surface area (Å²) in [6.45, 7) is 2.81. The third-order valence-corrected chi connectivity index (χ3v) is 4.84. The minimum Gasteiger partial charge on any atom is -0.331 e. The van der Waals surface area contributed by atoms with Crippen molar-refractivity contribution in [2.75, 3.05) is 6.54 Å². The lowest BCUT2D eigenvalue weighted by Crippen LogP contribution is -2.38. The Morgan fingerprint density at radius 3 is 3.16 bits per heavy atom. The van der Waals surface area contributed by atoms with Gasteiger partial charge in [0, 0.05) is 23.8 Å². The smallest absolute Gasteiger partial charge is 0.255 e. The van der Waals surface area contributed by atoms with Gasteiger partial charge >= 0.3 is 0 Å². The molecule has 3 nitrogen and oxygen atoms in total. The zero-order chi connectivity index (χ0) is 13.4. The van der Waals surface area contributed by atoms with Crippen LogP contribution in [0.1, 0.15) is 33.8 Å². The molecule has 0 spiro atoms. The Balaban J connectivity index is 1.92. The molecule has 0 aliphatic carbocycles. The van der Waals surface area contributed by atoms with Gasteiger partial charge in [0.05, 0.1) is 16.6 Å². The first-order chi connectivity index (χ1) is 9.18. The monoisotopic (exact) mass is 292 g/mol. The zero-order valence-electron chi connectivity index (χ0n) is 10.5. The molecule has 0 saturated carbocycles. The number of halogens is 1. The maximum absolute atomic E-state index is 12.6. The molecule has 0 N–H and O–H groups in total. The molecule has 1 aliphatic heterocycles. The Morgan fingerprint density at radius 1 is 1.53 bits per heavy atom. The van der Waals surface area contributed by atoms with Crippen molar-refractivity contribution in [1.29, 1.82) is 0 Å². The molecule has 3 rings (SSSR count). The van der Waals surface area contributed by atoms with Crippen LogP contribution in [0.3, 0.4) is 0 Å². The van der Waals surface area contributed by atoms with Gasteiger partial charge in [-0.15, -0.1) is 11.3 Å². The fourth-order valence-electron chi connectivity index (χ4n) is 2.49. The number of carbonyl (C=O) groups is 1. The van der Waals surface area contributed by atoms with Crippen molar-refractivity contribution in [1.82, 2.24) is 9.88 Å². The molecule has 1 aliphatic rings. The van der Waals surface area contributed by atoms with Gasteiger partial charge in [0.2, 0.25) is 0 Å². The van der Waals surface area contributed by atoms with Crippen molar-refractivity contribution in [3.05, 3.63) is 50.9 Å². The number of rotatable bonds is 1. The standard InChI is InChI=1S/C14H13ClN2OS/c1-9-10-4-7-19-13(10)3-6-17(9)14(18)11-2-5-16-8-12(11)15/h2,4-5,7-9H,3,6H2,1H3. The van der Waals surface area contributed by atoms with E-state index in [1.54, 1.807) is 23.6 Å². The number of aromatic nitrogens is 1. The molecule has 1 atom stereocenters. The summed E-state index contributed by atoms with van der Waals surface area (Å²) in [5.74, 6) is -0.0169. The van der Waals surface area contributed by atoms with Crippen molar-refractivity contribution in [2.24, 2.45) is 0 Å². The van der Waals surface area contributed by atoms with Crippen LogP contribution in [0, 0.1) is 0 Å². The molecule has 0 radical (unpaired) electrons. The summed E-state index contributed by atoms with van der Waals surface area (Å²) in [4.78, 5) is 19.8. The lowest BCUT2D eigenvalue weighted by atomic mass is 10.0. The van der Waals surface area contributed by atoms with Crippen LogP contribution in [0.2, 0.25) is 5.02 Å². The van der Waals surface area contributed by atoms with Gasteiger partial charge in [-0.25, -0.2) is 0 Å². The average Bonchev–Trinajstić information content (AvgIpc) is 2.88. The maximum atomic E-state index is 12.6. The Morgan fingerprint density at radius 2 is 2.37 bits per heavy atom. The van der Waals surface area contributed by atoms with Crippen LogP contribution < -0.4 is 0 Å². The van der Waals surface area contributed by atoms with Crippen LogP contribution in [0.15, 0.2) is 29.9 Å². The molecule has 2 aromatic rings. The van der Waals surface area contributed by atoms with E-state index >= 15 is 0 Å². The molecular weight excluding hydrogens is 280 g/mol. The van der Waals surface area contributed by atoms with Gasteiger partial charge in [-0.05, 0) is 36.4 Å². The van der Waals surface area contributed by atoms with E-state index in [-0.39, 0.29) is 11.9 Å². The molecule has 1 unspecified atom stereocenters. The van der Waals surface area contributed by atoms with Crippen LogP contribution in [-0.4, -0.2) is 22.3 Å². The number of nitrogens with zero attached hydrogens (tertiary/aromatic N) is 2. The van der Waals surface area contributed by atoms with Crippen molar-refractivity contribution in [3.8, 4) is 0 Å². The van der Waals surface area contributed by atoms with Gasteiger partial charge < -0.3 is 4.90 Å². The van der Waals surface area contributed by atoms with Crippen LogP contribution in [0.25, 0.3) is 0 Å². The Bertz CT molecular complexity index is 625. The highest BCUT2D eigenvalue weighted by Crippen LogP contribution is 2.34. The van der Waals surface area contributed by atoms with E-state index in [4.69, 9.17) is 11.6 Å². The quantitative estimate of drug-likeness (QED) is 0.805. The van der Waals surface area contributed by atoms with Crippen molar-refractivity contribution in [3.63, 3.8) is 0 Å². The molecule has 3 heterocycles. The van der Waals surface area contributed by atoms with E-state index in [2.05, 4.69) is 23.4 Å². The second kappa shape index (κ2) is 4.94. The SMILES string of the molecule is CC1c2ccsc2CCN1C(=O)c1ccncc1Cl. The molecule has 0 saturated heterocycles. The summed E-state index contributed by atoms with van der Waals surface area (Å²) in [5, 5.41) is 2.50. The first-order valence-corrected chi connectivity index (χ1v) is 7.41.